The van der Waals surface area contributed by atoms with Crippen molar-refractivity contribution < 1.29 is 17.9 Å². The van der Waals surface area contributed by atoms with E-state index in [9.17, 15) is 13.2 Å². The van der Waals surface area contributed by atoms with Crippen LogP contribution < -0.4 is 5.32 Å². The first-order chi connectivity index (χ1) is 11.9. The molecule has 3 rings (SSSR count). The van der Waals surface area contributed by atoms with Gasteiger partial charge in [0.2, 0.25) is 5.91 Å². The number of imidazole rings is 1. The molecule has 1 amide bonds. The molecule has 25 heavy (non-hydrogen) atoms. The van der Waals surface area contributed by atoms with Crippen LogP contribution in [0.15, 0.2) is 17.6 Å². The van der Waals surface area contributed by atoms with E-state index >= 15 is 0 Å². The van der Waals surface area contributed by atoms with Crippen molar-refractivity contribution >= 4 is 15.9 Å². The number of sulfonamides is 1. The number of ether oxygens (including phenoxy) is 1. The maximum absolute atomic E-state index is 12.5. The number of rotatable bonds is 5. The largest absolute Gasteiger partial charge is 0.379 e. The zero-order valence-corrected chi connectivity index (χ0v) is 15.4. The molecule has 0 spiro atoms. The summed E-state index contributed by atoms with van der Waals surface area (Å²) in [5.41, 5.74) is 0. The fourth-order valence-electron chi connectivity index (χ4n) is 3.32. The summed E-state index contributed by atoms with van der Waals surface area (Å²) >= 11 is 0. The van der Waals surface area contributed by atoms with Crippen molar-refractivity contribution in [2.24, 2.45) is 5.92 Å². The summed E-state index contributed by atoms with van der Waals surface area (Å²) < 4.78 is 33.1. The standard InChI is InChI=1S/C16H26N4O4S/c1-13-2-4-14(5-3-13)18-15(21)10-19-11-16(17-12-19)25(22,23)20-6-8-24-9-7-20/h11-14H,2-10H2,1H3,(H,18,21). The number of aromatic nitrogens is 2. The van der Waals surface area contributed by atoms with Crippen molar-refractivity contribution in [3.8, 4) is 0 Å². The second kappa shape index (κ2) is 7.84. The van der Waals surface area contributed by atoms with Crippen molar-refractivity contribution in [3.63, 3.8) is 0 Å². The molecule has 1 aromatic rings. The van der Waals surface area contributed by atoms with E-state index in [4.69, 9.17) is 4.74 Å². The van der Waals surface area contributed by atoms with Gasteiger partial charge in [0.25, 0.3) is 10.0 Å². The van der Waals surface area contributed by atoms with Gasteiger partial charge < -0.3 is 14.6 Å². The second-order valence-corrected chi connectivity index (χ2v) is 8.81. The van der Waals surface area contributed by atoms with Crippen LogP contribution in [0, 0.1) is 5.92 Å². The molecule has 1 saturated heterocycles. The number of carbonyl (C=O) groups is 1. The Bertz CT molecular complexity index is 689. The number of nitrogens with zero attached hydrogens (tertiary/aromatic N) is 3. The van der Waals surface area contributed by atoms with E-state index in [1.165, 1.54) is 21.4 Å². The fraction of sp³-hybridized carbons (Fsp3) is 0.750. The Balaban J connectivity index is 1.56. The fourth-order valence-corrected chi connectivity index (χ4v) is 4.67. The molecule has 140 valence electrons. The summed E-state index contributed by atoms with van der Waals surface area (Å²) in [6.45, 7) is 3.76. The summed E-state index contributed by atoms with van der Waals surface area (Å²) in [4.78, 5) is 16.2. The van der Waals surface area contributed by atoms with Gasteiger partial charge in [-0.15, -0.1) is 0 Å². The van der Waals surface area contributed by atoms with Crippen LogP contribution in [0.4, 0.5) is 0 Å². The van der Waals surface area contributed by atoms with Gasteiger partial charge >= 0.3 is 0 Å². The smallest absolute Gasteiger partial charge is 0.262 e. The Kier molecular flexibility index (Phi) is 5.75. The molecule has 8 nitrogen and oxygen atoms in total. The van der Waals surface area contributed by atoms with Crippen LogP contribution in [0.3, 0.4) is 0 Å². The lowest BCUT2D eigenvalue weighted by atomic mass is 9.87. The van der Waals surface area contributed by atoms with E-state index < -0.39 is 10.0 Å². The predicted octanol–water partition coefficient (Wildman–Crippen LogP) is 0.599. The zero-order chi connectivity index (χ0) is 17.9. The monoisotopic (exact) mass is 370 g/mol. The average molecular weight is 370 g/mol. The Morgan fingerprint density at radius 3 is 2.64 bits per heavy atom. The lowest BCUT2D eigenvalue weighted by Gasteiger charge is -2.26. The highest BCUT2D eigenvalue weighted by Crippen LogP contribution is 2.23. The normalized spacial score (nSPS) is 25.6. The minimum absolute atomic E-state index is 0.0197. The highest BCUT2D eigenvalue weighted by molar-refractivity contribution is 7.89. The van der Waals surface area contributed by atoms with Gasteiger partial charge in [-0.05, 0) is 31.6 Å². The molecule has 0 unspecified atom stereocenters. The molecule has 0 atom stereocenters. The quantitative estimate of drug-likeness (QED) is 0.819. The topological polar surface area (TPSA) is 93.5 Å². The summed E-state index contributed by atoms with van der Waals surface area (Å²) in [6.07, 6.45) is 7.11. The number of carbonyl (C=O) groups excluding carboxylic acids is 1. The highest BCUT2D eigenvalue weighted by Gasteiger charge is 2.28. The summed E-state index contributed by atoms with van der Waals surface area (Å²) in [5, 5.41) is 3.02. The Hall–Kier alpha value is -1.45. The van der Waals surface area contributed by atoms with Crippen molar-refractivity contribution in [2.75, 3.05) is 26.3 Å². The number of hydrogen-bond acceptors (Lipinski definition) is 5. The first-order valence-electron chi connectivity index (χ1n) is 8.84. The lowest BCUT2D eigenvalue weighted by molar-refractivity contribution is -0.122. The van der Waals surface area contributed by atoms with Crippen LogP contribution in [0.25, 0.3) is 0 Å². The molecule has 2 aliphatic rings. The molecular weight excluding hydrogens is 344 g/mol. The van der Waals surface area contributed by atoms with Gasteiger partial charge in [-0.2, -0.15) is 4.31 Å². The van der Waals surface area contributed by atoms with E-state index in [1.54, 1.807) is 0 Å². The molecular formula is C16H26N4O4S. The van der Waals surface area contributed by atoms with Crippen LogP contribution >= 0.6 is 0 Å². The van der Waals surface area contributed by atoms with E-state index in [0.717, 1.165) is 31.6 Å². The first kappa shape index (κ1) is 18.3. The third-order valence-corrected chi connectivity index (χ3v) is 6.68. The van der Waals surface area contributed by atoms with Crippen LogP contribution in [0.1, 0.15) is 32.6 Å². The van der Waals surface area contributed by atoms with Gasteiger partial charge in [0.05, 0.1) is 19.5 Å². The van der Waals surface area contributed by atoms with Crippen LogP contribution in [-0.2, 0) is 26.1 Å². The van der Waals surface area contributed by atoms with Gasteiger partial charge in [-0.3, -0.25) is 4.79 Å². The average Bonchev–Trinajstić information content (AvgIpc) is 3.07. The molecule has 1 aliphatic carbocycles. The predicted molar refractivity (Wildman–Crippen MR) is 91.4 cm³/mol. The minimum atomic E-state index is -3.62. The van der Waals surface area contributed by atoms with E-state index in [1.807, 2.05) is 0 Å². The Morgan fingerprint density at radius 1 is 1.28 bits per heavy atom. The van der Waals surface area contributed by atoms with Gasteiger partial charge in [0.1, 0.15) is 6.54 Å². The summed E-state index contributed by atoms with van der Waals surface area (Å²) in [6, 6.07) is 0.226. The van der Waals surface area contributed by atoms with Gasteiger partial charge in [0, 0.05) is 25.3 Å². The maximum Gasteiger partial charge on any atom is 0.262 e. The number of amides is 1. The van der Waals surface area contributed by atoms with Crippen LogP contribution in [0.5, 0.6) is 0 Å². The van der Waals surface area contributed by atoms with Gasteiger partial charge in [-0.1, -0.05) is 6.92 Å². The molecule has 0 radical (unpaired) electrons. The lowest BCUT2D eigenvalue weighted by Crippen LogP contribution is -2.40. The van der Waals surface area contributed by atoms with Crippen LogP contribution in [-0.4, -0.2) is 60.5 Å². The van der Waals surface area contributed by atoms with Crippen molar-refractivity contribution in [2.45, 2.75) is 50.2 Å². The summed E-state index contributed by atoms with van der Waals surface area (Å²) in [5.74, 6) is 0.627. The number of morpholine rings is 1. The third kappa shape index (κ3) is 4.59. The van der Waals surface area contributed by atoms with Gasteiger partial charge in [-0.25, -0.2) is 13.4 Å². The molecule has 9 heteroatoms. The van der Waals surface area contributed by atoms with E-state index in [2.05, 4.69) is 17.2 Å². The molecule has 1 N–H and O–H groups in total. The van der Waals surface area contributed by atoms with Crippen molar-refractivity contribution in [1.82, 2.24) is 19.2 Å². The van der Waals surface area contributed by atoms with Crippen molar-refractivity contribution in [3.05, 3.63) is 12.5 Å². The first-order valence-corrected chi connectivity index (χ1v) is 10.3. The number of nitrogens with one attached hydrogen (secondary N) is 1. The minimum Gasteiger partial charge on any atom is -0.379 e. The van der Waals surface area contributed by atoms with Crippen molar-refractivity contribution in [1.29, 1.82) is 0 Å². The molecule has 1 aliphatic heterocycles. The third-order valence-electron chi connectivity index (χ3n) is 4.89. The SMILES string of the molecule is CC1CCC(NC(=O)Cn2cnc(S(=O)(=O)N3CCOCC3)c2)CC1. The van der Waals surface area contributed by atoms with E-state index in [-0.39, 0.29) is 23.5 Å². The second-order valence-electron chi connectivity index (χ2n) is 6.93. The number of hydrogen-bond donors (Lipinski definition) is 1. The molecule has 1 aromatic heterocycles. The molecule has 2 heterocycles. The highest BCUT2D eigenvalue weighted by atomic mass is 32.2. The van der Waals surface area contributed by atoms with Gasteiger partial charge in [0.15, 0.2) is 5.03 Å². The zero-order valence-electron chi connectivity index (χ0n) is 14.6. The molecule has 0 aromatic carbocycles. The van der Waals surface area contributed by atoms with Crippen LogP contribution in [0.2, 0.25) is 0 Å². The molecule has 2 fully saturated rings. The molecule has 0 bridgehead atoms. The Morgan fingerprint density at radius 2 is 1.96 bits per heavy atom. The maximum atomic E-state index is 12.5. The molecule has 1 saturated carbocycles. The summed E-state index contributed by atoms with van der Waals surface area (Å²) in [7, 11) is -3.62. The van der Waals surface area contributed by atoms with E-state index in [0.29, 0.717) is 26.3 Å². The Labute approximate surface area is 148 Å².